The highest BCUT2D eigenvalue weighted by Gasteiger charge is 2.22. The van der Waals surface area contributed by atoms with Crippen LogP contribution in [0.3, 0.4) is 0 Å². The Kier molecular flexibility index (Phi) is 7.26. The normalized spacial score (nSPS) is 15.8. The second kappa shape index (κ2) is 9.90. The van der Waals surface area contributed by atoms with Crippen molar-refractivity contribution in [3.05, 3.63) is 41.5 Å². The average Bonchev–Trinajstić information content (AvgIpc) is 3.23. The topological polar surface area (TPSA) is 143 Å². The van der Waals surface area contributed by atoms with E-state index < -0.39 is 28.0 Å². The van der Waals surface area contributed by atoms with E-state index in [4.69, 9.17) is 4.52 Å². The number of amides is 3. The standard InChI is InChI=1S/C20H27N5O5S/c1-3-17-23-18(24-30-17)19(26)21-13(2)14-9-11-16(12-10-14)31(28,29)25-20(27)22-15-7-5-4-6-8-15/h9-13,15H,3-8H2,1-2H3,(H,21,26)(H2,22,25,27). The molecule has 1 heterocycles. The number of carbonyl (C=O) groups excluding carboxylic acids is 2. The molecule has 1 fully saturated rings. The molecular formula is C20H27N5O5S. The van der Waals surface area contributed by atoms with Crippen molar-refractivity contribution in [3.8, 4) is 0 Å². The molecule has 0 saturated heterocycles. The average molecular weight is 450 g/mol. The summed E-state index contributed by atoms with van der Waals surface area (Å²) in [5.74, 6) is -0.183. The first-order valence-electron chi connectivity index (χ1n) is 10.3. The van der Waals surface area contributed by atoms with Gasteiger partial charge in [-0.2, -0.15) is 4.98 Å². The fourth-order valence-corrected chi connectivity index (χ4v) is 4.33. The van der Waals surface area contributed by atoms with Crippen LogP contribution in [0.5, 0.6) is 0 Å². The van der Waals surface area contributed by atoms with Gasteiger partial charge in [-0.15, -0.1) is 0 Å². The fourth-order valence-electron chi connectivity index (χ4n) is 3.41. The molecule has 3 N–H and O–H groups in total. The molecule has 0 radical (unpaired) electrons. The van der Waals surface area contributed by atoms with E-state index in [0.29, 0.717) is 17.9 Å². The van der Waals surface area contributed by atoms with Gasteiger partial charge in [-0.1, -0.05) is 43.5 Å². The first-order valence-corrected chi connectivity index (χ1v) is 11.8. The minimum atomic E-state index is -4.00. The maximum absolute atomic E-state index is 12.5. The maximum Gasteiger partial charge on any atom is 0.328 e. The molecule has 1 aliphatic rings. The molecule has 0 bridgehead atoms. The van der Waals surface area contributed by atoms with Crippen molar-refractivity contribution in [3.63, 3.8) is 0 Å². The molecule has 2 aromatic rings. The van der Waals surface area contributed by atoms with E-state index in [2.05, 4.69) is 25.5 Å². The second-order valence-electron chi connectivity index (χ2n) is 7.54. The number of carbonyl (C=O) groups is 2. The van der Waals surface area contributed by atoms with E-state index >= 15 is 0 Å². The third-order valence-electron chi connectivity index (χ3n) is 5.18. The number of urea groups is 1. The Bertz CT molecular complexity index is 1010. The Morgan fingerprint density at radius 3 is 2.45 bits per heavy atom. The zero-order chi connectivity index (χ0) is 22.4. The Hall–Kier alpha value is -2.95. The second-order valence-corrected chi connectivity index (χ2v) is 9.23. The summed E-state index contributed by atoms with van der Waals surface area (Å²) in [4.78, 5) is 28.2. The molecular weight excluding hydrogens is 422 g/mol. The van der Waals surface area contributed by atoms with Crippen LogP contribution in [-0.4, -0.2) is 36.5 Å². The van der Waals surface area contributed by atoms with Crippen LogP contribution < -0.4 is 15.4 Å². The highest BCUT2D eigenvalue weighted by Crippen LogP contribution is 2.18. The summed E-state index contributed by atoms with van der Waals surface area (Å²) >= 11 is 0. The summed E-state index contributed by atoms with van der Waals surface area (Å²) in [6.45, 7) is 3.58. The number of hydrogen-bond acceptors (Lipinski definition) is 7. The van der Waals surface area contributed by atoms with Crippen LogP contribution in [0.4, 0.5) is 4.79 Å². The summed E-state index contributed by atoms with van der Waals surface area (Å²) in [6.07, 6.45) is 5.43. The monoisotopic (exact) mass is 449 g/mol. The van der Waals surface area contributed by atoms with Gasteiger partial charge in [0, 0.05) is 12.5 Å². The van der Waals surface area contributed by atoms with Gasteiger partial charge in [0.05, 0.1) is 10.9 Å². The molecule has 11 heteroatoms. The van der Waals surface area contributed by atoms with Crippen molar-refractivity contribution in [2.45, 2.75) is 69.4 Å². The molecule has 1 saturated carbocycles. The van der Waals surface area contributed by atoms with Crippen LogP contribution in [-0.2, 0) is 16.4 Å². The molecule has 1 aromatic heterocycles. The predicted molar refractivity (Wildman–Crippen MR) is 112 cm³/mol. The Morgan fingerprint density at radius 2 is 1.84 bits per heavy atom. The fraction of sp³-hybridized carbons (Fsp3) is 0.500. The minimum absolute atomic E-state index is 0.00315. The van der Waals surface area contributed by atoms with Gasteiger partial charge in [0.1, 0.15) is 0 Å². The Labute approximate surface area is 181 Å². The largest absolute Gasteiger partial charge is 0.343 e. The minimum Gasteiger partial charge on any atom is -0.343 e. The van der Waals surface area contributed by atoms with E-state index in [1.165, 1.54) is 12.1 Å². The van der Waals surface area contributed by atoms with Crippen molar-refractivity contribution in [1.29, 1.82) is 0 Å². The predicted octanol–water partition coefficient (Wildman–Crippen LogP) is 2.44. The van der Waals surface area contributed by atoms with Gasteiger partial charge >= 0.3 is 6.03 Å². The molecule has 1 unspecified atom stereocenters. The van der Waals surface area contributed by atoms with Gasteiger partial charge in [0.15, 0.2) is 0 Å². The molecule has 0 aliphatic heterocycles. The number of aromatic nitrogens is 2. The number of nitrogens with zero attached hydrogens (tertiary/aromatic N) is 2. The summed E-state index contributed by atoms with van der Waals surface area (Å²) in [7, 11) is -4.00. The van der Waals surface area contributed by atoms with E-state index in [1.54, 1.807) is 19.1 Å². The number of nitrogens with one attached hydrogen (secondary N) is 3. The lowest BCUT2D eigenvalue weighted by atomic mass is 9.96. The molecule has 168 valence electrons. The SMILES string of the molecule is CCc1nc(C(=O)NC(C)c2ccc(S(=O)(=O)NC(=O)NC3CCCCC3)cc2)no1. The van der Waals surface area contributed by atoms with Crippen molar-refractivity contribution < 1.29 is 22.5 Å². The van der Waals surface area contributed by atoms with E-state index in [9.17, 15) is 18.0 Å². The lowest BCUT2D eigenvalue weighted by molar-refractivity contribution is 0.0926. The Balaban J connectivity index is 1.58. The first-order chi connectivity index (χ1) is 14.8. The molecule has 31 heavy (non-hydrogen) atoms. The van der Waals surface area contributed by atoms with E-state index in [1.807, 2.05) is 6.92 Å². The quantitative estimate of drug-likeness (QED) is 0.589. The van der Waals surface area contributed by atoms with Crippen LogP contribution in [0.1, 0.15) is 74.1 Å². The van der Waals surface area contributed by atoms with Crippen LogP contribution in [0.15, 0.2) is 33.7 Å². The third-order valence-corrected chi connectivity index (χ3v) is 6.53. The summed E-state index contributed by atoms with van der Waals surface area (Å²) in [5, 5.41) is 9.08. The smallest absolute Gasteiger partial charge is 0.328 e. The van der Waals surface area contributed by atoms with Gasteiger partial charge < -0.3 is 15.2 Å². The van der Waals surface area contributed by atoms with Crippen LogP contribution in [0, 0.1) is 0 Å². The maximum atomic E-state index is 12.5. The van der Waals surface area contributed by atoms with Crippen molar-refractivity contribution in [2.24, 2.45) is 0 Å². The van der Waals surface area contributed by atoms with E-state index in [0.717, 1.165) is 32.1 Å². The molecule has 1 aliphatic carbocycles. The van der Waals surface area contributed by atoms with Crippen LogP contribution in [0.25, 0.3) is 0 Å². The van der Waals surface area contributed by atoms with Gasteiger partial charge in [0.25, 0.3) is 21.8 Å². The van der Waals surface area contributed by atoms with Crippen molar-refractivity contribution in [1.82, 2.24) is 25.5 Å². The van der Waals surface area contributed by atoms with E-state index in [-0.39, 0.29) is 16.8 Å². The number of benzene rings is 1. The summed E-state index contributed by atoms with van der Waals surface area (Å²) in [6, 6.07) is 4.79. The molecule has 3 rings (SSSR count). The van der Waals surface area contributed by atoms with Crippen molar-refractivity contribution >= 4 is 22.0 Å². The van der Waals surface area contributed by atoms with Crippen LogP contribution >= 0.6 is 0 Å². The number of sulfonamides is 1. The molecule has 10 nitrogen and oxygen atoms in total. The van der Waals surface area contributed by atoms with Crippen LogP contribution in [0.2, 0.25) is 0 Å². The number of hydrogen-bond donors (Lipinski definition) is 3. The van der Waals surface area contributed by atoms with Crippen molar-refractivity contribution in [2.75, 3.05) is 0 Å². The third kappa shape index (κ3) is 6.03. The Morgan fingerprint density at radius 1 is 1.16 bits per heavy atom. The number of rotatable bonds is 7. The number of aryl methyl sites for hydroxylation is 1. The van der Waals surface area contributed by atoms with Gasteiger partial charge in [-0.25, -0.2) is 17.9 Å². The summed E-state index contributed by atoms with van der Waals surface area (Å²) < 4.78 is 32.0. The lowest BCUT2D eigenvalue weighted by Crippen LogP contribution is -2.45. The van der Waals surface area contributed by atoms with Gasteiger partial charge in [0.2, 0.25) is 5.89 Å². The highest BCUT2D eigenvalue weighted by atomic mass is 32.2. The molecule has 0 spiro atoms. The molecule has 1 atom stereocenters. The zero-order valence-corrected chi connectivity index (χ0v) is 18.4. The highest BCUT2D eigenvalue weighted by molar-refractivity contribution is 7.90. The molecule has 3 amide bonds. The van der Waals surface area contributed by atoms with Gasteiger partial charge in [-0.3, -0.25) is 4.79 Å². The molecule has 1 aromatic carbocycles. The summed E-state index contributed by atoms with van der Waals surface area (Å²) in [5.41, 5.74) is 0.679. The zero-order valence-electron chi connectivity index (χ0n) is 17.6. The lowest BCUT2D eigenvalue weighted by Gasteiger charge is -2.22. The van der Waals surface area contributed by atoms with Gasteiger partial charge in [-0.05, 0) is 37.5 Å². The first kappa shape index (κ1) is 22.7.